The average Bonchev–Trinajstić information content (AvgIpc) is 2.83. The van der Waals surface area contributed by atoms with Crippen molar-refractivity contribution in [1.82, 2.24) is 20.2 Å². The van der Waals surface area contributed by atoms with E-state index < -0.39 is 0 Å². The monoisotopic (exact) mass is 323 g/mol. The third-order valence-corrected chi connectivity index (χ3v) is 3.57. The van der Waals surface area contributed by atoms with Crippen molar-refractivity contribution in [3.8, 4) is 11.4 Å². The first kappa shape index (κ1) is 14.0. The highest BCUT2D eigenvalue weighted by Crippen LogP contribution is 2.27. The molecule has 0 radical (unpaired) electrons. The number of benzene rings is 1. The summed E-state index contributed by atoms with van der Waals surface area (Å²) < 4.78 is 2.84. The first-order valence-electron chi connectivity index (χ1n) is 6.50. The maximum atomic E-state index is 5.88. The van der Waals surface area contributed by atoms with E-state index in [1.54, 1.807) is 0 Å². The molecule has 1 atom stereocenters. The van der Waals surface area contributed by atoms with Crippen LogP contribution in [0.25, 0.3) is 11.4 Å². The number of nitrogens with two attached hydrogens (primary N) is 1. The van der Waals surface area contributed by atoms with Crippen LogP contribution >= 0.6 is 15.9 Å². The Hall–Kier alpha value is -1.43. The number of hydrogen-bond acceptors (Lipinski definition) is 4. The molecule has 2 rings (SSSR count). The van der Waals surface area contributed by atoms with E-state index in [1.165, 1.54) is 0 Å². The molecule has 0 aliphatic rings. The van der Waals surface area contributed by atoms with Crippen molar-refractivity contribution in [2.45, 2.75) is 39.2 Å². The maximum absolute atomic E-state index is 5.88. The van der Waals surface area contributed by atoms with Crippen molar-refractivity contribution < 1.29 is 0 Å². The lowest BCUT2D eigenvalue weighted by atomic mass is 10.1. The van der Waals surface area contributed by atoms with E-state index >= 15 is 0 Å². The molecule has 2 N–H and O–H groups in total. The zero-order valence-corrected chi connectivity index (χ0v) is 12.8. The molecule has 0 amide bonds. The van der Waals surface area contributed by atoms with Gasteiger partial charge in [0.1, 0.15) is 0 Å². The number of aromatic nitrogens is 4. The van der Waals surface area contributed by atoms with Crippen LogP contribution in [0.1, 0.15) is 39.2 Å². The van der Waals surface area contributed by atoms with Crippen molar-refractivity contribution in [2.24, 2.45) is 0 Å². The molecule has 0 aliphatic heterocycles. The van der Waals surface area contributed by atoms with Crippen LogP contribution in [0.4, 0.5) is 5.69 Å². The van der Waals surface area contributed by atoms with Gasteiger partial charge in [-0.25, -0.2) is 4.68 Å². The molecule has 0 fully saturated rings. The van der Waals surface area contributed by atoms with Crippen LogP contribution in [-0.2, 0) is 0 Å². The highest BCUT2D eigenvalue weighted by molar-refractivity contribution is 9.10. The average molecular weight is 324 g/mol. The predicted octanol–water partition coefficient (Wildman–Crippen LogP) is 3.44. The summed E-state index contributed by atoms with van der Waals surface area (Å²) in [6.07, 6.45) is 3.19. The molecule has 0 bridgehead atoms. The molecule has 0 saturated carbocycles. The summed E-state index contributed by atoms with van der Waals surface area (Å²) in [5.74, 6) is 0.772. The minimum atomic E-state index is 0.329. The Balaban J connectivity index is 2.43. The fourth-order valence-corrected chi connectivity index (χ4v) is 2.71. The van der Waals surface area contributed by atoms with E-state index in [2.05, 4.69) is 45.3 Å². The Kier molecular flexibility index (Phi) is 4.52. The van der Waals surface area contributed by atoms with Gasteiger partial charge in [-0.05, 0) is 41.5 Å². The van der Waals surface area contributed by atoms with Gasteiger partial charge in [-0.2, -0.15) is 0 Å². The molecular formula is C13H18BrN5. The SMILES string of the molecule is CCCC(CC)n1nnnc1-c1cc(N)cc(Br)c1. The van der Waals surface area contributed by atoms with Gasteiger partial charge in [0.2, 0.25) is 0 Å². The Morgan fingerprint density at radius 1 is 1.32 bits per heavy atom. The molecule has 1 unspecified atom stereocenters. The Bertz CT molecular complexity index is 531. The van der Waals surface area contributed by atoms with Crippen molar-refractivity contribution in [3.05, 3.63) is 22.7 Å². The van der Waals surface area contributed by atoms with Crippen LogP contribution in [0.2, 0.25) is 0 Å². The number of halogens is 1. The third kappa shape index (κ3) is 3.12. The molecule has 0 saturated heterocycles. The highest BCUT2D eigenvalue weighted by Gasteiger charge is 2.16. The number of hydrogen-bond donors (Lipinski definition) is 1. The Morgan fingerprint density at radius 3 is 2.74 bits per heavy atom. The van der Waals surface area contributed by atoms with Gasteiger partial charge < -0.3 is 5.73 Å². The van der Waals surface area contributed by atoms with Crippen molar-refractivity contribution in [1.29, 1.82) is 0 Å². The molecule has 5 nitrogen and oxygen atoms in total. The topological polar surface area (TPSA) is 69.6 Å². The van der Waals surface area contributed by atoms with E-state index in [0.29, 0.717) is 11.7 Å². The highest BCUT2D eigenvalue weighted by atomic mass is 79.9. The van der Waals surface area contributed by atoms with Gasteiger partial charge in [-0.15, -0.1) is 5.10 Å². The van der Waals surface area contributed by atoms with E-state index in [1.807, 2.05) is 22.9 Å². The minimum absolute atomic E-state index is 0.329. The molecule has 2 aromatic rings. The summed E-state index contributed by atoms with van der Waals surface area (Å²) in [4.78, 5) is 0. The number of nitrogens with zero attached hydrogens (tertiary/aromatic N) is 4. The second-order valence-electron chi connectivity index (χ2n) is 4.57. The molecule has 0 aliphatic carbocycles. The smallest absolute Gasteiger partial charge is 0.182 e. The van der Waals surface area contributed by atoms with E-state index in [9.17, 15) is 0 Å². The van der Waals surface area contributed by atoms with Crippen molar-refractivity contribution in [2.75, 3.05) is 5.73 Å². The second-order valence-corrected chi connectivity index (χ2v) is 5.49. The van der Waals surface area contributed by atoms with Crippen molar-refractivity contribution >= 4 is 21.6 Å². The lowest BCUT2D eigenvalue weighted by Crippen LogP contribution is -2.11. The molecule has 19 heavy (non-hydrogen) atoms. The molecule has 1 heterocycles. The van der Waals surface area contributed by atoms with Gasteiger partial charge in [-0.3, -0.25) is 0 Å². The fraction of sp³-hybridized carbons (Fsp3) is 0.462. The quantitative estimate of drug-likeness (QED) is 0.856. The molecule has 102 valence electrons. The Morgan fingerprint density at radius 2 is 2.11 bits per heavy atom. The summed E-state index contributed by atoms with van der Waals surface area (Å²) >= 11 is 3.45. The number of nitrogen functional groups attached to an aromatic ring is 1. The lowest BCUT2D eigenvalue weighted by Gasteiger charge is -2.15. The summed E-state index contributed by atoms with van der Waals surface area (Å²) in [7, 11) is 0. The van der Waals surface area contributed by atoms with E-state index in [-0.39, 0.29) is 0 Å². The lowest BCUT2D eigenvalue weighted by molar-refractivity contribution is 0.404. The molecule has 0 spiro atoms. The van der Waals surface area contributed by atoms with Gasteiger partial charge in [0.25, 0.3) is 0 Å². The maximum Gasteiger partial charge on any atom is 0.182 e. The second kappa shape index (κ2) is 6.14. The molecule has 1 aromatic heterocycles. The first-order valence-corrected chi connectivity index (χ1v) is 7.29. The van der Waals surface area contributed by atoms with Gasteiger partial charge in [0.05, 0.1) is 6.04 Å². The van der Waals surface area contributed by atoms with Gasteiger partial charge in [0, 0.05) is 15.7 Å². The van der Waals surface area contributed by atoms with Gasteiger partial charge in [-0.1, -0.05) is 36.2 Å². The van der Waals surface area contributed by atoms with Crippen LogP contribution in [0.3, 0.4) is 0 Å². The zero-order valence-electron chi connectivity index (χ0n) is 11.2. The number of anilines is 1. The van der Waals surface area contributed by atoms with E-state index in [4.69, 9.17) is 5.73 Å². The predicted molar refractivity (Wildman–Crippen MR) is 79.6 cm³/mol. The summed E-state index contributed by atoms with van der Waals surface area (Å²) in [5, 5.41) is 12.1. The van der Waals surface area contributed by atoms with Crippen LogP contribution in [0.5, 0.6) is 0 Å². The van der Waals surface area contributed by atoms with Crippen LogP contribution < -0.4 is 5.73 Å². The summed E-state index contributed by atoms with van der Waals surface area (Å²) in [6.45, 7) is 4.32. The largest absolute Gasteiger partial charge is 0.399 e. The van der Waals surface area contributed by atoms with Crippen LogP contribution in [0.15, 0.2) is 22.7 Å². The molecule has 6 heteroatoms. The van der Waals surface area contributed by atoms with Crippen molar-refractivity contribution in [3.63, 3.8) is 0 Å². The zero-order chi connectivity index (χ0) is 13.8. The molecular weight excluding hydrogens is 306 g/mol. The molecule has 1 aromatic carbocycles. The third-order valence-electron chi connectivity index (χ3n) is 3.11. The van der Waals surface area contributed by atoms with E-state index in [0.717, 1.165) is 35.1 Å². The summed E-state index contributed by atoms with van der Waals surface area (Å²) in [6, 6.07) is 6.07. The number of tetrazole rings is 1. The fourth-order valence-electron chi connectivity index (χ4n) is 2.20. The minimum Gasteiger partial charge on any atom is -0.399 e. The van der Waals surface area contributed by atoms with Crippen LogP contribution in [-0.4, -0.2) is 20.2 Å². The first-order chi connectivity index (χ1) is 9.15. The number of rotatable bonds is 5. The summed E-state index contributed by atoms with van der Waals surface area (Å²) in [5.41, 5.74) is 7.51. The van der Waals surface area contributed by atoms with Gasteiger partial charge >= 0.3 is 0 Å². The van der Waals surface area contributed by atoms with Gasteiger partial charge in [0.15, 0.2) is 5.82 Å². The Labute approximate surface area is 121 Å². The standard InChI is InChI=1S/C13H18BrN5/c1-3-5-12(4-2)19-13(16-17-18-19)9-6-10(14)8-11(15)7-9/h6-8,12H,3-5,15H2,1-2H3. The van der Waals surface area contributed by atoms with Crippen LogP contribution in [0, 0.1) is 0 Å². The normalized spacial score (nSPS) is 12.6.